The van der Waals surface area contributed by atoms with Crippen LogP contribution in [0.5, 0.6) is 0 Å². The number of nitrogens with one attached hydrogen (secondary N) is 1. The van der Waals surface area contributed by atoms with Crippen molar-refractivity contribution in [2.75, 3.05) is 30.7 Å². The molecule has 0 saturated heterocycles. The van der Waals surface area contributed by atoms with Crippen LogP contribution in [0.2, 0.25) is 0 Å². The van der Waals surface area contributed by atoms with Gasteiger partial charge in [-0.15, -0.1) is 0 Å². The molecule has 0 unspecified atom stereocenters. The van der Waals surface area contributed by atoms with E-state index in [2.05, 4.69) is 17.1 Å². The second-order valence-corrected chi connectivity index (χ2v) is 5.37. The molecule has 110 valence electrons. The summed E-state index contributed by atoms with van der Waals surface area (Å²) in [6.45, 7) is 4.93. The number of nitrogens with two attached hydrogens (primary N) is 1. The van der Waals surface area contributed by atoms with E-state index in [1.165, 1.54) is 31.0 Å². The highest BCUT2D eigenvalue weighted by Gasteiger charge is 2.23. The Balaban J connectivity index is 1.77. The van der Waals surface area contributed by atoms with Gasteiger partial charge in [0.1, 0.15) is 5.82 Å². The fourth-order valence-electron chi connectivity index (χ4n) is 2.15. The van der Waals surface area contributed by atoms with Crippen molar-refractivity contribution in [2.24, 2.45) is 5.92 Å². The van der Waals surface area contributed by atoms with E-state index < -0.39 is 5.82 Å². The van der Waals surface area contributed by atoms with Crippen molar-refractivity contribution >= 4 is 17.3 Å². The van der Waals surface area contributed by atoms with E-state index in [1.807, 2.05) is 0 Å². The highest BCUT2D eigenvalue weighted by molar-refractivity contribution is 5.91. The number of hydrogen-bond donors (Lipinski definition) is 2. The molecule has 2 rings (SSSR count). The standard InChI is InChI=1S/C15H22FN3O/c1-2-19(10-11-3-4-11)8-7-15(20)18-12-5-6-13(16)14(17)9-12/h5-6,9,11H,2-4,7-8,10,17H2,1H3,(H,18,20). The Labute approximate surface area is 119 Å². The van der Waals surface area contributed by atoms with Gasteiger partial charge in [-0.05, 0) is 43.5 Å². The van der Waals surface area contributed by atoms with Crippen molar-refractivity contribution in [1.29, 1.82) is 0 Å². The Bertz CT molecular complexity index is 474. The summed E-state index contributed by atoms with van der Waals surface area (Å²) >= 11 is 0. The minimum Gasteiger partial charge on any atom is -0.396 e. The molecule has 1 fully saturated rings. The van der Waals surface area contributed by atoms with E-state index in [1.54, 1.807) is 0 Å². The van der Waals surface area contributed by atoms with Gasteiger partial charge < -0.3 is 16.0 Å². The second kappa shape index (κ2) is 6.70. The Morgan fingerprint density at radius 3 is 2.85 bits per heavy atom. The van der Waals surface area contributed by atoms with Gasteiger partial charge in [-0.3, -0.25) is 4.79 Å². The first kappa shape index (κ1) is 14.8. The molecule has 4 nitrogen and oxygen atoms in total. The molecule has 5 heteroatoms. The summed E-state index contributed by atoms with van der Waals surface area (Å²) in [5.41, 5.74) is 6.06. The summed E-state index contributed by atoms with van der Waals surface area (Å²) in [4.78, 5) is 14.2. The second-order valence-electron chi connectivity index (χ2n) is 5.37. The number of benzene rings is 1. The molecule has 20 heavy (non-hydrogen) atoms. The number of halogens is 1. The van der Waals surface area contributed by atoms with Crippen molar-refractivity contribution in [3.05, 3.63) is 24.0 Å². The zero-order valence-corrected chi connectivity index (χ0v) is 11.9. The molecular weight excluding hydrogens is 257 g/mol. The van der Waals surface area contributed by atoms with Crippen LogP contribution in [0.3, 0.4) is 0 Å². The molecule has 1 aromatic rings. The lowest BCUT2D eigenvalue weighted by Crippen LogP contribution is -2.29. The summed E-state index contributed by atoms with van der Waals surface area (Å²) < 4.78 is 13.0. The molecule has 1 amide bonds. The molecule has 0 spiro atoms. The van der Waals surface area contributed by atoms with E-state index >= 15 is 0 Å². The number of nitrogen functional groups attached to an aromatic ring is 1. The summed E-state index contributed by atoms with van der Waals surface area (Å²) in [6.07, 6.45) is 3.08. The molecule has 1 aliphatic carbocycles. The number of anilines is 2. The monoisotopic (exact) mass is 279 g/mol. The molecule has 0 aromatic heterocycles. The predicted molar refractivity (Wildman–Crippen MR) is 78.9 cm³/mol. The third-order valence-corrected chi connectivity index (χ3v) is 3.60. The number of carbonyl (C=O) groups is 1. The lowest BCUT2D eigenvalue weighted by Gasteiger charge is -2.19. The van der Waals surface area contributed by atoms with Crippen molar-refractivity contribution in [3.8, 4) is 0 Å². The Hall–Kier alpha value is -1.62. The maximum Gasteiger partial charge on any atom is 0.225 e. The summed E-state index contributed by atoms with van der Waals surface area (Å²) in [5.74, 6) is 0.296. The number of hydrogen-bond acceptors (Lipinski definition) is 3. The van der Waals surface area contributed by atoms with Crippen LogP contribution in [0.1, 0.15) is 26.2 Å². The first-order valence-electron chi connectivity index (χ1n) is 7.15. The molecule has 1 aliphatic rings. The number of rotatable bonds is 7. The topological polar surface area (TPSA) is 58.4 Å². The van der Waals surface area contributed by atoms with E-state index in [0.717, 1.165) is 25.6 Å². The smallest absolute Gasteiger partial charge is 0.225 e. The van der Waals surface area contributed by atoms with Gasteiger partial charge in [0.05, 0.1) is 5.69 Å². The number of carbonyl (C=O) groups excluding carboxylic acids is 1. The quantitative estimate of drug-likeness (QED) is 0.754. The van der Waals surface area contributed by atoms with Gasteiger partial charge in [-0.2, -0.15) is 0 Å². The van der Waals surface area contributed by atoms with Gasteiger partial charge in [0.15, 0.2) is 0 Å². The lowest BCUT2D eigenvalue weighted by atomic mass is 10.2. The number of amides is 1. The summed E-state index contributed by atoms with van der Waals surface area (Å²) in [6, 6.07) is 4.22. The molecule has 1 aromatic carbocycles. The molecule has 0 atom stereocenters. The third-order valence-electron chi connectivity index (χ3n) is 3.60. The maximum atomic E-state index is 13.0. The predicted octanol–water partition coefficient (Wildman–Crippen LogP) is 2.47. The first-order chi connectivity index (χ1) is 9.58. The van der Waals surface area contributed by atoms with E-state index in [4.69, 9.17) is 5.73 Å². The average molecular weight is 279 g/mol. The Morgan fingerprint density at radius 2 is 2.25 bits per heavy atom. The lowest BCUT2D eigenvalue weighted by molar-refractivity contribution is -0.116. The zero-order chi connectivity index (χ0) is 14.5. The van der Waals surface area contributed by atoms with Crippen LogP contribution in [0.15, 0.2) is 18.2 Å². The molecule has 0 bridgehead atoms. The fraction of sp³-hybridized carbons (Fsp3) is 0.533. The SMILES string of the molecule is CCN(CCC(=O)Nc1ccc(F)c(N)c1)CC1CC1. The van der Waals surface area contributed by atoms with Gasteiger partial charge in [0, 0.05) is 25.2 Å². The van der Waals surface area contributed by atoms with Gasteiger partial charge >= 0.3 is 0 Å². The molecule has 0 radical (unpaired) electrons. The van der Waals surface area contributed by atoms with Crippen LogP contribution in [0.4, 0.5) is 15.8 Å². The van der Waals surface area contributed by atoms with E-state index in [0.29, 0.717) is 12.1 Å². The highest BCUT2D eigenvalue weighted by atomic mass is 19.1. The minimum absolute atomic E-state index is 0.0479. The largest absolute Gasteiger partial charge is 0.396 e. The molecule has 0 heterocycles. The Morgan fingerprint density at radius 1 is 1.50 bits per heavy atom. The third kappa shape index (κ3) is 4.49. The highest BCUT2D eigenvalue weighted by Crippen LogP contribution is 2.29. The number of nitrogens with zero attached hydrogens (tertiary/aromatic N) is 1. The normalized spacial score (nSPS) is 14.6. The van der Waals surface area contributed by atoms with Crippen LogP contribution in [-0.4, -0.2) is 30.4 Å². The van der Waals surface area contributed by atoms with Crippen LogP contribution in [0.25, 0.3) is 0 Å². The van der Waals surface area contributed by atoms with Crippen LogP contribution in [-0.2, 0) is 4.79 Å². The van der Waals surface area contributed by atoms with Gasteiger partial charge in [0.25, 0.3) is 0 Å². The Kier molecular flexibility index (Phi) is 4.95. The van der Waals surface area contributed by atoms with Gasteiger partial charge in [-0.1, -0.05) is 6.92 Å². The average Bonchev–Trinajstić information content (AvgIpc) is 3.23. The minimum atomic E-state index is -0.468. The summed E-state index contributed by atoms with van der Waals surface area (Å²) in [5, 5.41) is 2.75. The molecular formula is C15H22FN3O. The van der Waals surface area contributed by atoms with Crippen LogP contribution < -0.4 is 11.1 Å². The van der Waals surface area contributed by atoms with Crippen molar-refractivity contribution in [2.45, 2.75) is 26.2 Å². The van der Waals surface area contributed by atoms with E-state index in [-0.39, 0.29) is 11.6 Å². The van der Waals surface area contributed by atoms with Crippen molar-refractivity contribution in [1.82, 2.24) is 4.90 Å². The van der Waals surface area contributed by atoms with Gasteiger partial charge in [-0.25, -0.2) is 4.39 Å². The zero-order valence-electron chi connectivity index (χ0n) is 11.9. The molecule has 3 N–H and O–H groups in total. The van der Waals surface area contributed by atoms with Crippen molar-refractivity contribution in [3.63, 3.8) is 0 Å². The first-order valence-corrected chi connectivity index (χ1v) is 7.15. The summed E-state index contributed by atoms with van der Waals surface area (Å²) in [7, 11) is 0. The van der Waals surface area contributed by atoms with Gasteiger partial charge in [0.2, 0.25) is 5.91 Å². The van der Waals surface area contributed by atoms with Crippen molar-refractivity contribution < 1.29 is 9.18 Å². The maximum absolute atomic E-state index is 13.0. The van der Waals surface area contributed by atoms with Crippen LogP contribution >= 0.6 is 0 Å². The van der Waals surface area contributed by atoms with E-state index in [9.17, 15) is 9.18 Å². The fourth-order valence-corrected chi connectivity index (χ4v) is 2.15. The van der Waals surface area contributed by atoms with Crippen LogP contribution in [0, 0.1) is 11.7 Å². The molecule has 1 saturated carbocycles. The molecule has 0 aliphatic heterocycles.